The zero-order chi connectivity index (χ0) is 16.4. The number of fused-ring (bicyclic) bond motifs is 1. The molecule has 0 aliphatic carbocycles. The zero-order valence-corrected chi connectivity index (χ0v) is 13.2. The molecule has 0 saturated carbocycles. The van der Waals surface area contributed by atoms with Gasteiger partial charge in [0.15, 0.2) is 5.82 Å². The molecule has 1 aromatic carbocycles. The van der Waals surface area contributed by atoms with E-state index >= 15 is 0 Å². The van der Waals surface area contributed by atoms with Crippen molar-refractivity contribution in [1.82, 2.24) is 19.7 Å². The molecular weight excluding hydrogens is 290 g/mol. The number of nitrogens with zero attached hydrogens (tertiary/aromatic N) is 4. The van der Waals surface area contributed by atoms with Crippen LogP contribution in [0.3, 0.4) is 0 Å². The van der Waals surface area contributed by atoms with E-state index in [0.29, 0.717) is 5.82 Å². The first-order chi connectivity index (χ1) is 11.0. The van der Waals surface area contributed by atoms with Crippen molar-refractivity contribution >= 4 is 16.9 Å². The maximum absolute atomic E-state index is 5.65. The molecule has 0 saturated heterocycles. The summed E-state index contributed by atoms with van der Waals surface area (Å²) in [6.07, 6.45) is 3.39. The molecule has 0 aliphatic rings. The minimum Gasteiger partial charge on any atom is -0.368 e. The van der Waals surface area contributed by atoms with Gasteiger partial charge in [0.2, 0.25) is 5.95 Å². The number of ether oxygens (including phenoxy) is 1. The van der Waals surface area contributed by atoms with Crippen molar-refractivity contribution in [1.29, 1.82) is 0 Å². The second kappa shape index (κ2) is 5.71. The number of aromatic nitrogens is 4. The highest BCUT2D eigenvalue weighted by Crippen LogP contribution is 2.19. The van der Waals surface area contributed by atoms with Crippen LogP contribution in [0.4, 0.5) is 5.95 Å². The third-order valence-corrected chi connectivity index (χ3v) is 3.47. The van der Waals surface area contributed by atoms with E-state index in [-0.39, 0.29) is 5.95 Å². The molecule has 3 rings (SSSR count). The Morgan fingerprint density at radius 1 is 1.26 bits per heavy atom. The van der Waals surface area contributed by atoms with Crippen molar-refractivity contribution in [3.8, 4) is 17.7 Å². The summed E-state index contributed by atoms with van der Waals surface area (Å²) in [5.41, 5.74) is 6.95. The molecule has 3 aromatic rings. The molecule has 2 N–H and O–H groups in total. The lowest BCUT2D eigenvalue weighted by Gasteiger charge is -2.14. The minimum absolute atomic E-state index is 0.212. The first-order valence-electron chi connectivity index (χ1n) is 7.13. The molecule has 2 aromatic heterocycles. The van der Waals surface area contributed by atoms with Gasteiger partial charge in [-0.3, -0.25) is 0 Å². The molecule has 0 radical (unpaired) electrons. The average molecular weight is 307 g/mol. The normalized spacial score (nSPS) is 11.3. The molecule has 2 heterocycles. The van der Waals surface area contributed by atoms with Crippen LogP contribution in [0.1, 0.15) is 19.4 Å². The van der Waals surface area contributed by atoms with Crippen LogP contribution in [0.15, 0.2) is 36.7 Å². The molecule has 0 aliphatic heterocycles. The summed E-state index contributed by atoms with van der Waals surface area (Å²) in [5.74, 6) is 7.07. The number of nitrogens with two attached hydrogens (primary N) is 1. The fourth-order valence-corrected chi connectivity index (χ4v) is 2.03. The van der Waals surface area contributed by atoms with Crippen LogP contribution in [0.2, 0.25) is 0 Å². The summed E-state index contributed by atoms with van der Waals surface area (Å²) in [4.78, 5) is 8.11. The van der Waals surface area contributed by atoms with Crippen LogP contribution in [-0.4, -0.2) is 32.5 Å². The summed E-state index contributed by atoms with van der Waals surface area (Å²) in [5, 5.41) is 5.37. The Morgan fingerprint density at radius 3 is 2.83 bits per heavy atom. The number of rotatable bonds is 2. The summed E-state index contributed by atoms with van der Waals surface area (Å²) >= 11 is 0. The highest BCUT2D eigenvalue weighted by atomic mass is 16.5. The molecule has 6 heteroatoms. The fourth-order valence-electron chi connectivity index (χ4n) is 2.03. The number of nitrogen functional groups attached to an aromatic ring is 1. The Hall–Kier alpha value is -2.91. The number of anilines is 1. The lowest BCUT2D eigenvalue weighted by molar-refractivity contribution is 0.0742. The predicted octanol–water partition coefficient (Wildman–Crippen LogP) is 2.17. The Morgan fingerprint density at radius 2 is 2.09 bits per heavy atom. The minimum atomic E-state index is -0.490. The molecule has 23 heavy (non-hydrogen) atoms. The van der Waals surface area contributed by atoms with Crippen molar-refractivity contribution < 1.29 is 4.74 Å². The molecule has 0 atom stereocenters. The van der Waals surface area contributed by atoms with Gasteiger partial charge < -0.3 is 10.5 Å². The second-order valence-electron chi connectivity index (χ2n) is 5.57. The highest BCUT2D eigenvalue weighted by molar-refractivity contribution is 5.81. The molecule has 0 spiro atoms. The highest BCUT2D eigenvalue weighted by Gasteiger charge is 2.11. The van der Waals surface area contributed by atoms with Crippen molar-refractivity contribution in [2.45, 2.75) is 19.4 Å². The quantitative estimate of drug-likeness (QED) is 0.734. The fraction of sp³-hybridized carbons (Fsp3) is 0.235. The van der Waals surface area contributed by atoms with Gasteiger partial charge in [0, 0.05) is 30.3 Å². The molecule has 6 nitrogen and oxygen atoms in total. The summed E-state index contributed by atoms with van der Waals surface area (Å²) in [6.45, 7) is 3.85. The summed E-state index contributed by atoms with van der Waals surface area (Å²) < 4.78 is 7.04. The van der Waals surface area contributed by atoms with E-state index in [4.69, 9.17) is 10.5 Å². The van der Waals surface area contributed by atoms with Gasteiger partial charge in [-0.2, -0.15) is 10.1 Å². The van der Waals surface area contributed by atoms with Gasteiger partial charge >= 0.3 is 0 Å². The van der Waals surface area contributed by atoms with Gasteiger partial charge in [-0.25, -0.2) is 9.67 Å². The SMILES string of the molecule is COC(C)(C)C#Cc1ccc2cnn(-c3ccnc(N)n3)c2c1. The second-order valence-corrected chi connectivity index (χ2v) is 5.57. The van der Waals surface area contributed by atoms with E-state index in [1.165, 1.54) is 0 Å². The Bertz CT molecular complexity index is 917. The van der Waals surface area contributed by atoms with Gasteiger partial charge in [0.1, 0.15) is 5.60 Å². The topological polar surface area (TPSA) is 78.8 Å². The van der Waals surface area contributed by atoms with Crippen molar-refractivity contribution in [3.05, 3.63) is 42.2 Å². The number of benzene rings is 1. The van der Waals surface area contributed by atoms with E-state index < -0.39 is 5.60 Å². The number of hydrogen-bond donors (Lipinski definition) is 1. The maximum Gasteiger partial charge on any atom is 0.221 e. The van der Waals surface area contributed by atoms with Crippen molar-refractivity contribution in [3.63, 3.8) is 0 Å². The van der Waals surface area contributed by atoms with Crippen LogP contribution in [-0.2, 0) is 4.74 Å². The zero-order valence-electron chi connectivity index (χ0n) is 13.2. The van der Waals surface area contributed by atoms with Gasteiger partial charge in [-0.15, -0.1) is 0 Å². The lowest BCUT2D eigenvalue weighted by atomic mass is 10.1. The largest absolute Gasteiger partial charge is 0.368 e. The monoisotopic (exact) mass is 307 g/mol. The number of hydrogen-bond acceptors (Lipinski definition) is 5. The van der Waals surface area contributed by atoms with Crippen LogP contribution in [0, 0.1) is 11.8 Å². The molecule has 0 amide bonds. The molecule has 0 fully saturated rings. The van der Waals surface area contributed by atoms with Gasteiger partial charge in [-0.1, -0.05) is 11.8 Å². The molecule has 116 valence electrons. The number of methoxy groups -OCH3 is 1. The van der Waals surface area contributed by atoms with Crippen molar-refractivity contribution in [2.75, 3.05) is 12.8 Å². The van der Waals surface area contributed by atoms with Gasteiger partial charge in [0.25, 0.3) is 0 Å². The van der Waals surface area contributed by atoms with E-state index in [1.807, 2.05) is 32.0 Å². The average Bonchev–Trinajstić information content (AvgIpc) is 2.96. The van der Waals surface area contributed by atoms with Gasteiger partial charge in [0.05, 0.1) is 11.7 Å². The predicted molar refractivity (Wildman–Crippen MR) is 89.0 cm³/mol. The smallest absolute Gasteiger partial charge is 0.221 e. The van der Waals surface area contributed by atoms with Gasteiger partial charge in [-0.05, 0) is 32.0 Å². The third-order valence-electron chi connectivity index (χ3n) is 3.47. The molecular formula is C17H17N5O. The van der Waals surface area contributed by atoms with E-state index in [1.54, 1.807) is 30.3 Å². The van der Waals surface area contributed by atoms with Crippen molar-refractivity contribution in [2.24, 2.45) is 0 Å². The first-order valence-corrected chi connectivity index (χ1v) is 7.13. The third kappa shape index (κ3) is 3.15. The first kappa shape index (κ1) is 15.0. The van der Waals surface area contributed by atoms with Crippen LogP contribution < -0.4 is 5.73 Å². The van der Waals surface area contributed by atoms with E-state index in [2.05, 4.69) is 26.9 Å². The maximum atomic E-state index is 5.65. The summed E-state index contributed by atoms with van der Waals surface area (Å²) in [6, 6.07) is 7.67. The van der Waals surface area contributed by atoms with Crippen LogP contribution in [0.25, 0.3) is 16.7 Å². The molecule has 0 unspecified atom stereocenters. The molecule has 0 bridgehead atoms. The Labute approximate surface area is 134 Å². The lowest BCUT2D eigenvalue weighted by Crippen LogP contribution is -2.19. The standard InChI is InChI=1S/C17H17N5O/c1-17(2,23-3)8-6-12-4-5-13-11-20-22(14(13)10-12)15-7-9-19-16(18)21-15/h4-5,7,9-11H,1-3H3,(H2,18,19,21). The van der Waals surface area contributed by atoms with Crippen LogP contribution in [0.5, 0.6) is 0 Å². The Kier molecular flexibility index (Phi) is 3.72. The Balaban J connectivity index is 2.07. The summed E-state index contributed by atoms with van der Waals surface area (Å²) in [7, 11) is 1.65. The van der Waals surface area contributed by atoms with Crippen LogP contribution >= 0.6 is 0 Å². The van der Waals surface area contributed by atoms with E-state index in [0.717, 1.165) is 16.5 Å². The van der Waals surface area contributed by atoms with E-state index in [9.17, 15) is 0 Å².